The van der Waals surface area contributed by atoms with Crippen molar-refractivity contribution in [2.75, 3.05) is 6.54 Å². The molecule has 320 valence electrons. The lowest BCUT2D eigenvalue weighted by atomic mass is 10.0. The first-order valence-corrected chi connectivity index (χ1v) is 18.1. The zero-order valence-corrected chi connectivity index (χ0v) is 31.7. The van der Waals surface area contributed by atoms with Gasteiger partial charge in [-0.25, -0.2) is 4.79 Å². The Morgan fingerprint density at radius 2 is 1.26 bits per heavy atom. The van der Waals surface area contributed by atoms with Crippen molar-refractivity contribution in [3.63, 3.8) is 0 Å². The van der Waals surface area contributed by atoms with E-state index < -0.39 is 140 Å². The van der Waals surface area contributed by atoms with E-state index in [1.54, 1.807) is 0 Å². The van der Waals surface area contributed by atoms with Gasteiger partial charge in [-0.2, -0.15) is 0 Å². The van der Waals surface area contributed by atoms with E-state index in [0.29, 0.717) is 5.56 Å². The number of nitrogens with zero attached hydrogens (tertiary/aromatic N) is 1. The second kappa shape index (κ2) is 22.4. The molecule has 8 atom stereocenters. The molecule has 1 aromatic carbocycles. The van der Waals surface area contributed by atoms with Crippen LogP contribution >= 0.6 is 0 Å². The molecule has 1 saturated heterocycles. The van der Waals surface area contributed by atoms with Crippen LogP contribution in [0.5, 0.6) is 5.75 Å². The molecular formula is C35H50N8O15. The normalized spacial score (nSPS) is 17.2. The van der Waals surface area contributed by atoms with Gasteiger partial charge in [-0.3, -0.25) is 43.2 Å². The Morgan fingerprint density at radius 3 is 1.76 bits per heavy atom. The molecule has 23 heteroatoms. The molecule has 0 aromatic heterocycles. The summed E-state index contributed by atoms with van der Waals surface area (Å²) in [5.74, 6) is -11.4. The van der Waals surface area contributed by atoms with Crippen LogP contribution in [0, 0.1) is 0 Å². The van der Waals surface area contributed by atoms with Crippen molar-refractivity contribution < 1.29 is 73.5 Å². The van der Waals surface area contributed by atoms with Crippen LogP contribution in [-0.4, -0.2) is 145 Å². The monoisotopic (exact) mass is 822 g/mol. The first kappa shape index (κ1) is 47.8. The molecule has 14 N–H and O–H groups in total. The number of hydrogen-bond donors (Lipinski definition) is 12. The molecule has 1 aliphatic heterocycles. The molecule has 1 heterocycles. The maximum atomic E-state index is 13.9. The van der Waals surface area contributed by atoms with Crippen molar-refractivity contribution in [3.8, 4) is 5.75 Å². The minimum atomic E-state index is -1.76. The first-order chi connectivity index (χ1) is 27.1. The summed E-state index contributed by atoms with van der Waals surface area (Å²) in [6.45, 7) is 2.35. The van der Waals surface area contributed by atoms with Gasteiger partial charge in [0.1, 0.15) is 48.0 Å². The molecule has 8 unspecified atom stereocenters. The van der Waals surface area contributed by atoms with Gasteiger partial charge in [-0.15, -0.1) is 0 Å². The van der Waals surface area contributed by atoms with Crippen LogP contribution in [0.3, 0.4) is 0 Å². The van der Waals surface area contributed by atoms with Gasteiger partial charge in [0.15, 0.2) is 0 Å². The number of amides is 7. The van der Waals surface area contributed by atoms with Gasteiger partial charge in [-0.1, -0.05) is 12.1 Å². The Balaban J connectivity index is 2.27. The molecule has 0 bridgehead atoms. The highest BCUT2D eigenvalue weighted by Crippen LogP contribution is 2.20. The highest BCUT2D eigenvalue weighted by atomic mass is 16.4. The zero-order valence-electron chi connectivity index (χ0n) is 31.7. The summed E-state index contributed by atoms with van der Waals surface area (Å²) in [4.78, 5) is 127. The Morgan fingerprint density at radius 1 is 0.741 bits per heavy atom. The Hall–Kier alpha value is -6.36. The van der Waals surface area contributed by atoms with Gasteiger partial charge < -0.3 is 68.5 Å². The highest BCUT2D eigenvalue weighted by Gasteiger charge is 2.40. The smallest absolute Gasteiger partial charge is 0.326 e. The Labute approximate surface area is 331 Å². The molecule has 1 aliphatic rings. The summed E-state index contributed by atoms with van der Waals surface area (Å²) in [6.07, 6.45) is -4.43. The van der Waals surface area contributed by atoms with E-state index >= 15 is 0 Å². The lowest BCUT2D eigenvalue weighted by Gasteiger charge is -2.30. The van der Waals surface area contributed by atoms with Gasteiger partial charge in [0.25, 0.3) is 0 Å². The fourth-order valence-corrected chi connectivity index (χ4v) is 5.75. The molecule has 7 amide bonds. The van der Waals surface area contributed by atoms with Gasteiger partial charge in [-0.05, 0) is 57.2 Å². The van der Waals surface area contributed by atoms with Gasteiger partial charge in [0.2, 0.25) is 41.4 Å². The van der Waals surface area contributed by atoms with Gasteiger partial charge in [0.05, 0.1) is 12.5 Å². The number of carboxylic acids is 3. The number of nitrogens with two attached hydrogens (primary N) is 2. The van der Waals surface area contributed by atoms with Crippen LogP contribution in [0.2, 0.25) is 0 Å². The number of hydrogen-bond acceptors (Lipinski definition) is 13. The van der Waals surface area contributed by atoms with Crippen molar-refractivity contribution in [2.24, 2.45) is 11.5 Å². The number of likely N-dealkylation sites (tertiary alicyclic amines) is 1. The predicted octanol–water partition coefficient (Wildman–Crippen LogP) is -4.23. The number of carbonyl (C=O) groups is 10. The number of aliphatic hydroxyl groups excluding tert-OH is 1. The summed E-state index contributed by atoms with van der Waals surface area (Å²) < 4.78 is 0. The number of aromatic hydroxyl groups is 1. The average Bonchev–Trinajstić information content (AvgIpc) is 3.64. The molecule has 1 aromatic rings. The molecule has 0 saturated carbocycles. The number of carbonyl (C=O) groups excluding carboxylic acids is 7. The van der Waals surface area contributed by atoms with Crippen LogP contribution in [0.1, 0.15) is 64.4 Å². The summed E-state index contributed by atoms with van der Waals surface area (Å²) in [7, 11) is 0. The van der Waals surface area contributed by atoms with E-state index in [2.05, 4.69) is 26.6 Å². The number of benzene rings is 1. The summed E-state index contributed by atoms with van der Waals surface area (Å²) in [5.41, 5.74) is 11.3. The van der Waals surface area contributed by atoms with Crippen molar-refractivity contribution in [3.05, 3.63) is 29.8 Å². The molecule has 0 spiro atoms. The van der Waals surface area contributed by atoms with Crippen LogP contribution in [0.15, 0.2) is 24.3 Å². The minimum absolute atomic E-state index is 0.000301. The van der Waals surface area contributed by atoms with Crippen LogP contribution < -0.4 is 38.1 Å². The number of rotatable bonds is 23. The van der Waals surface area contributed by atoms with Crippen molar-refractivity contribution in [2.45, 2.75) is 114 Å². The fraction of sp³-hybridized carbons (Fsp3) is 0.543. The number of nitrogens with one attached hydrogen (secondary N) is 5. The van der Waals surface area contributed by atoms with E-state index in [-0.39, 0.29) is 31.6 Å². The SMILES string of the molecule is CC(NC(=O)C(N)C(C)O)C(=O)NC(CCC(=O)O)C(=O)NC(CC(N)=O)C(=O)N1CCCC1C(=O)NC(CCC(=O)O)C(=O)NC(Cc1ccc(O)cc1)C(=O)O. The van der Waals surface area contributed by atoms with E-state index in [1.165, 1.54) is 38.1 Å². The lowest BCUT2D eigenvalue weighted by Crippen LogP contribution is -2.60. The third-order valence-electron chi connectivity index (χ3n) is 8.98. The lowest BCUT2D eigenvalue weighted by molar-refractivity contribution is -0.144. The molecule has 1 fully saturated rings. The second-order valence-electron chi connectivity index (χ2n) is 13.7. The topological polar surface area (TPSA) is 387 Å². The number of aliphatic carboxylic acids is 3. The molecular weight excluding hydrogens is 772 g/mol. The van der Waals surface area contributed by atoms with E-state index in [9.17, 15) is 73.5 Å². The maximum absolute atomic E-state index is 13.9. The summed E-state index contributed by atoms with van der Waals surface area (Å²) in [6, 6.07) is -5.18. The highest BCUT2D eigenvalue weighted by molar-refractivity contribution is 5.98. The standard InChI is InChI=1S/C35H50N8O15/c1-16(38-33(55)28(37)17(2)44)29(51)39-20(9-11-26(47)48)30(52)41-22(15-25(36)46)34(56)43-13-3-4-24(43)32(54)40-21(10-12-27(49)50)31(53)42-23(35(57)58)14-18-5-7-19(45)8-6-18/h5-8,16-17,20-24,28,44-45H,3-4,9-15,37H2,1-2H3,(H2,36,46)(H,38,55)(H,39,51)(H,40,54)(H,41,52)(H,42,53)(H,47,48)(H,49,50)(H,57,58). The molecule has 58 heavy (non-hydrogen) atoms. The quantitative estimate of drug-likeness (QED) is 0.0497. The van der Waals surface area contributed by atoms with Crippen molar-refractivity contribution in [1.29, 1.82) is 0 Å². The fourth-order valence-electron chi connectivity index (χ4n) is 5.75. The van der Waals surface area contributed by atoms with Crippen LogP contribution in [-0.2, 0) is 54.4 Å². The number of phenolic OH excluding ortho intramolecular Hbond substituents is 1. The van der Waals surface area contributed by atoms with E-state index in [1.807, 2.05) is 0 Å². The number of aliphatic hydroxyl groups is 1. The van der Waals surface area contributed by atoms with Crippen molar-refractivity contribution in [1.82, 2.24) is 31.5 Å². The number of primary amides is 1. The molecule has 0 aliphatic carbocycles. The number of carboxylic acid groups (broad SMARTS) is 3. The maximum Gasteiger partial charge on any atom is 0.326 e. The minimum Gasteiger partial charge on any atom is -0.508 e. The predicted molar refractivity (Wildman–Crippen MR) is 197 cm³/mol. The summed E-state index contributed by atoms with van der Waals surface area (Å²) >= 11 is 0. The molecule has 0 radical (unpaired) electrons. The van der Waals surface area contributed by atoms with E-state index in [4.69, 9.17) is 11.5 Å². The van der Waals surface area contributed by atoms with E-state index in [0.717, 1.165) is 4.90 Å². The first-order valence-electron chi connectivity index (χ1n) is 18.1. The third-order valence-corrected chi connectivity index (χ3v) is 8.98. The Bertz CT molecular complexity index is 1710. The summed E-state index contributed by atoms with van der Waals surface area (Å²) in [5, 5.41) is 58.8. The third kappa shape index (κ3) is 15.3. The van der Waals surface area contributed by atoms with Gasteiger partial charge in [0, 0.05) is 25.8 Å². The van der Waals surface area contributed by atoms with Gasteiger partial charge >= 0.3 is 17.9 Å². The molecule has 2 rings (SSSR count). The second-order valence-corrected chi connectivity index (χ2v) is 13.7. The van der Waals surface area contributed by atoms with Crippen molar-refractivity contribution >= 4 is 59.3 Å². The van der Waals surface area contributed by atoms with Crippen LogP contribution in [0.25, 0.3) is 0 Å². The molecule has 23 nitrogen and oxygen atoms in total. The zero-order chi connectivity index (χ0) is 43.9. The number of phenols is 1. The van der Waals surface area contributed by atoms with Crippen LogP contribution in [0.4, 0.5) is 0 Å². The largest absolute Gasteiger partial charge is 0.508 e. The Kier molecular flexibility index (Phi) is 18.5. The average molecular weight is 823 g/mol.